The molecule has 0 nitrogen and oxygen atoms in total. The summed E-state index contributed by atoms with van der Waals surface area (Å²) in [5.74, 6) is 1.16. The van der Waals surface area contributed by atoms with E-state index in [1.165, 1.54) is 25.7 Å². The maximum absolute atomic E-state index is 2.44. The van der Waals surface area contributed by atoms with Crippen molar-refractivity contribution in [2.24, 2.45) is 11.3 Å². The van der Waals surface area contributed by atoms with Crippen LogP contribution in [0.25, 0.3) is 0 Å². The fourth-order valence-corrected chi connectivity index (χ4v) is 1.95. The van der Waals surface area contributed by atoms with E-state index in [9.17, 15) is 0 Å². The second kappa shape index (κ2) is 0.888. The third-order valence-electron chi connectivity index (χ3n) is 3.11. The van der Waals surface area contributed by atoms with Gasteiger partial charge in [0.2, 0.25) is 0 Å². The molecule has 0 N–H and O–H groups in total. The molecule has 2 rings (SSSR count). The second-order valence-corrected chi connectivity index (χ2v) is 3.43. The van der Waals surface area contributed by atoms with Crippen LogP contribution in [0, 0.1) is 11.3 Å². The van der Waals surface area contributed by atoms with Crippen molar-refractivity contribution in [1.29, 1.82) is 0 Å². The average Bonchev–Trinajstić information content (AvgIpc) is 1.67. The van der Waals surface area contributed by atoms with Crippen LogP contribution in [0.15, 0.2) is 0 Å². The molecule has 0 saturated heterocycles. The molecule has 40 valence electrons. The minimum Gasteiger partial charge on any atom is -0.0594 e. The van der Waals surface area contributed by atoms with Gasteiger partial charge in [-0.2, -0.15) is 0 Å². The maximum Gasteiger partial charge on any atom is -0.0297 e. The van der Waals surface area contributed by atoms with Crippen LogP contribution in [0.4, 0.5) is 0 Å². The molecule has 0 unspecified atom stereocenters. The Labute approximate surface area is 44.9 Å². The second-order valence-electron chi connectivity index (χ2n) is 3.43. The highest BCUT2D eigenvalue weighted by molar-refractivity contribution is 4.99. The Hall–Kier alpha value is 0. The third-order valence-corrected chi connectivity index (χ3v) is 3.11. The van der Waals surface area contributed by atoms with E-state index in [1.54, 1.807) is 0 Å². The van der Waals surface area contributed by atoms with Crippen LogP contribution < -0.4 is 0 Å². The van der Waals surface area contributed by atoms with Crippen LogP contribution in [-0.4, -0.2) is 0 Å². The molecule has 0 amide bonds. The van der Waals surface area contributed by atoms with Crippen LogP contribution in [0.2, 0.25) is 0 Å². The van der Waals surface area contributed by atoms with Crippen molar-refractivity contribution in [1.82, 2.24) is 0 Å². The van der Waals surface area contributed by atoms with Gasteiger partial charge in [-0.3, -0.25) is 0 Å². The zero-order valence-electron chi connectivity index (χ0n) is 4.91. The van der Waals surface area contributed by atoms with Crippen molar-refractivity contribution in [3.63, 3.8) is 0 Å². The summed E-state index contributed by atoms with van der Waals surface area (Å²) in [6.45, 7) is 2.44. The minimum atomic E-state index is 0.861. The van der Waals surface area contributed by atoms with Gasteiger partial charge in [-0.05, 0) is 37.0 Å². The molecule has 0 spiro atoms. The van der Waals surface area contributed by atoms with Crippen LogP contribution in [0.5, 0.6) is 0 Å². The van der Waals surface area contributed by atoms with Crippen molar-refractivity contribution in [2.45, 2.75) is 32.6 Å². The topological polar surface area (TPSA) is 0 Å². The molecule has 0 aromatic heterocycles. The first-order valence-corrected chi connectivity index (χ1v) is 3.31. The molecule has 0 heterocycles. The number of hydrogen-bond acceptors (Lipinski definition) is 0. The van der Waals surface area contributed by atoms with Crippen LogP contribution in [0.1, 0.15) is 32.6 Å². The summed E-state index contributed by atoms with van der Waals surface area (Å²) < 4.78 is 0. The SMILES string of the molecule is CC12CCC1CC2. The van der Waals surface area contributed by atoms with Gasteiger partial charge in [-0.15, -0.1) is 0 Å². The molecule has 0 bridgehead atoms. The van der Waals surface area contributed by atoms with E-state index in [0.29, 0.717) is 0 Å². The first-order valence-electron chi connectivity index (χ1n) is 3.31. The van der Waals surface area contributed by atoms with Gasteiger partial charge in [0.05, 0.1) is 0 Å². The quantitative estimate of drug-likeness (QED) is 0.433. The first-order chi connectivity index (χ1) is 3.31. The van der Waals surface area contributed by atoms with E-state index in [1.807, 2.05) is 0 Å². The molecule has 0 radical (unpaired) electrons. The lowest BCUT2D eigenvalue weighted by molar-refractivity contribution is -0.0561. The number of fused-ring (bicyclic) bond motifs is 1. The minimum absolute atomic E-state index is 0.861. The standard InChI is InChI=1S/C7H12/c1-7-4-2-6(7)3-5-7/h6H,2-5H2,1H3. The van der Waals surface area contributed by atoms with Gasteiger partial charge >= 0.3 is 0 Å². The zero-order chi connectivity index (χ0) is 4.91. The monoisotopic (exact) mass is 96.1 g/mol. The zero-order valence-corrected chi connectivity index (χ0v) is 4.91. The van der Waals surface area contributed by atoms with Gasteiger partial charge in [0.1, 0.15) is 0 Å². The van der Waals surface area contributed by atoms with Gasteiger partial charge in [0.25, 0.3) is 0 Å². The molecular formula is C7H12. The molecule has 2 fully saturated rings. The Morgan fingerprint density at radius 1 is 1.29 bits per heavy atom. The summed E-state index contributed by atoms with van der Waals surface area (Å²) in [6, 6.07) is 0. The summed E-state index contributed by atoms with van der Waals surface area (Å²) in [5.41, 5.74) is 0.861. The lowest BCUT2D eigenvalue weighted by Crippen LogP contribution is -2.45. The molecule has 7 heavy (non-hydrogen) atoms. The summed E-state index contributed by atoms with van der Waals surface area (Å²) >= 11 is 0. The predicted molar refractivity (Wildman–Crippen MR) is 30.1 cm³/mol. The van der Waals surface area contributed by atoms with E-state index >= 15 is 0 Å². The van der Waals surface area contributed by atoms with Gasteiger partial charge in [-0.25, -0.2) is 0 Å². The highest BCUT2D eigenvalue weighted by Gasteiger charge is 2.49. The summed E-state index contributed by atoms with van der Waals surface area (Å²) in [4.78, 5) is 0. The lowest BCUT2D eigenvalue weighted by Gasteiger charge is -2.56. The molecule has 2 aliphatic rings. The van der Waals surface area contributed by atoms with E-state index in [4.69, 9.17) is 0 Å². The van der Waals surface area contributed by atoms with Crippen molar-refractivity contribution in [3.8, 4) is 0 Å². The van der Waals surface area contributed by atoms with E-state index < -0.39 is 0 Å². The smallest absolute Gasteiger partial charge is 0.0297 e. The highest BCUT2D eigenvalue weighted by Crippen LogP contribution is 2.60. The molecular weight excluding hydrogens is 84.1 g/mol. The Morgan fingerprint density at radius 3 is 1.71 bits per heavy atom. The molecule has 0 aliphatic heterocycles. The summed E-state index contributed by atoms with van der Waals surface area (Å²) in [7, 11) is 0. The van der Waals surface area contributed by atoms with E-state index in [-0.39, 0.29) is 0 Å². The Balaban J connectivity index is 2.12. The number of hydrogen-bond donors (Lipinski definition) is 0. The highest BCUT2D eigenvalue weighted by atomic mass is 14.5. The van der Waals surface area contributed by atoms with Crippen molar-refractivity contribution in [2.75, 3.05) is 0 Å². The molecule has 0 atom stereocenters. The lowest BCUT2D eigenvalue weighted by atomic mass is 9.49. The van der Waals surface area contributed by atoms with E-state index in [0.717, 1.165) is 11.3 Å². The van der Waals surface area contributed by atoms with Crippen LogP contribution in [0.3, 0.4) is 0 Å². The number of rotatable bonds is 0. The first kappa shape index (κ1) is 3.94. The molecule has 2 aliphatic carbocycles. The summed E-state index contributed by atoms with van der Waals surface area (Å²) in [5, 5.41) is 0. The Bertz CT molecular complexity index is 86.2. The molecule has 2 saturated carbocycles. The van der Waals surface area contributed by atoms with E-state index in [2.05, 4.69) is 6.92 Å². The fraction of sp³-hybridized carbons (Fsp3) is 1.00. The largest absolute Gasteiger partial charge is 0.0594 e. The van der Waals surface area contributed by atoms with Crippen LogP contribution in [-0.2, 0) is 0 Å². The van der Waals surface area contributed by atoms with Crippen molar-refractivity contribution < 1.29 is 0 Å². The van der Waals surface area contributed by atoms with Crippen LogP contribution >= 0.6 is 0 Å². The molecule has 0 heteroatoms. The molecule has 0 aromatic rings. The Kier molecular flexibility index (Phi) is 0.499. The van der Waals surface area contributed by atoms with Gasteiger partial charge in [0, 0.05) is 0 Å². The average molecular weight is 96.2 g/mol. The van der Waals surface area contributed by atoms with Crippen molar-refractivity contribution in [3.05, 3.63) is 0 Å². The Morgan fingerprint density at radius 2 is 1.71 bits per heavy atom. The van der Waals surface area contributed by atoms with Gasteiger partial charge in [0.15, 0.2) is 0 Å². The molecule has 0 aromatic carbocycles. The van der Waals surface area contributed by atoms with Crippen molar-refractivity contribution >= 4 is 0 Å². The predicted octanol–water partition coefficient (Wildman–Crippen LogP) is 2.20. The third kappa shape index (κ3) is 0.296. The van der Waals surface area contributed by atoms with Gasteiger partial charge in [-0.1, -0.05) is 6.92 Å². The maximum atomic E-state index is 2.44. The van der Waals surface area contributed by atoms with Gasteiger partial charge < -0.3 is 0 Å². The fourth-order valence-electron chi connectivity index (χ4n) is 1.95. The normalized spacial score (nSPS) is 57.0. The summed E-state index contributed by atoms with van der Waals surface area (Å²) in [6.07, 6.45) is 6.13.